The highest BCUT2D eigenvalue weighted by Gasteiger charge is 2.09. The quantitative estimate of drug-likeness (QED) is 0.865. The molecule has 0 aliphatic rings. The Morgan fingerprint density at radius 3 is 2.53 bits per heavy atom. The normalized spacial score (nSPS) is 12.1. The van der Waals surface area contributed by atoms with Gasteiger partial charge in [0.15, 0.2) is 5.13 Å². The molecule has 17 heavy (non-hydrogen) atoms. The van der Waals surface area contributed by atoms with E-state index in [0.717, 1.165) is 17.4 Å². The highest BCUT2D eigenvalue weighted by molar-refractivity contribution is 7.15. The first-order valence-corrected chi connectivity index (χ1v) is 6.73. The molecule has 0 fully saturated rings. The Morgan fingerprint density at radius 1 is 1.41 bits per heavy atom. The number of anilines is 1. The summed E-state index contributed by atoms with van der Waals surface area (Å²) in [5.41, 5.74) is 1.16. The van der Waals surface area contributed by atoms with Gasteiger partial charge in [-0.2, -0.15) is 0 Å². The van der Waals surface area contributed by atoms with Crippen LogP contribution in [0.5, 0.6) is 0 Å². The third-order valence-corrected chi connectivity index (χ3v) is 3.92. The molecule has 100 valence electrons. The van der Waals surface area contributed by atoms with Gasteiger partial charge in [-0.15, -0.1) is 23.7 Å². The van der Waals surface area contributed by atoms with Crippen LogP contribution in [-0.4, -0.2) is 25.1 Å². The summed E-state index contributed by atoms with van der Waals surface area (Å²) in [7, 11) is 4.07. The smallest absolute Gasteiger partial charge is 0.185 e. The van der Waals surface area contributed by atoms with Crippen LogP contribution < -0.4 is 10.2 Å². The molecule has 0 saturated carbocycles. The zero-order valence-electron chi connectivity index (χ0n) is 11.4. The van der Waals surface area contributed by atoms with Crippen LogP contribution in [0.15, 0.2) is 0 Å². The molecule has 1 atom stereocenters. The number of aromatic nitrogens is 1. The van der Waals surface area contributed by atoms with Crippen molar-refractivity contribution in [3.8, 4) is 0 Å². The van der Waals surface area contributed by atoms with E-state index in [1.807, 2.05) is 14.1 Å². The molecule has 1 rings (SSSR count). The van der Waals surface area contributed by atoms with E-state index in [4.69, 9.17) is 0 Å². The summed E-state index contributed by atoms with van der Waals surface area (Å²) in [4.78, 5) is 7.96. The zero-order valence-corrected chi connectivity index (χ0v) is 13.0. The summed E-state index contributed by atoms with van der Waals surface area (Å²) in [6.07, 6.45) is 2.47. The van der Waals surface area contributed by atoms with Crippen LogP contribution in [0.1, 0.15) is 37.3 Å². The van der Waals surface area contributed by atoms with Gasteiger partial charge in [0, 0.05) is 31.6 Å². The van der Waals surface area contributed by atoms with Gasteiger partial charge in [0.05, 0.1) is 5.69 Å². The summed E-state index contributed by atoms with van der Waals surface area (Å²) in [6.45, 7) is 7.50. The summed E-state index contributed by atoms with van der Waals surface area (Å²) in [5.74, 6) is 0. The molecule has 1 unspecified atom stereocenters. The number of hydrogen-bond donors (Lipinski definition) is 1. The van der Waals surface area contributed by atoms with Crippen molar-refractivity contribution < 1.29 is 0 Å². The number of halogens is 1. The molecule has 0 radical (unpaired) electrons. The van der Waals surface area contributed by atoms with Gasteiger partial charge in [0.2, 0.25) is 0 Å². The van der Waals surface area contributed by atoms with E-state index >= 15 is 0 Å². The van der Waals surface area contributed by atoms with Crippen molar-refractivity contribution in [3.05, 3.63) is 10.6 Å². The molecule has 0 saturated heterocycles. The minimum Gasteiger partial charge on any atom is -0.354 e. The molecular formula is C12H24ClN3S. The number of thiazole rings is 1. The highest BCUT2D eigenvalue weighted by Crippen LogP contribution is 2.24. The Kier molecular flexibility index (Phi) is 7.75. The maximum absolute atomic E-state index is 4.54. The van der Waals surface area contributed by atoms with Crippen LogP contribution in [0.25, 0.3) is 0 Å². The molecule has 0 aliphatic heterocycles. The molecule has 1 heterocycles. The number of nitrogens with one attached hydrogen (secondary N) is 1. The minimum atomic E-state index is 0. The maximum Gasteiger partial charge on any atom is 0.185 e. The van der Waals surface area contributed by atoms with Gasteiger partial charge in [-0.1, -0.05) is 13.3 Å². The molecule has 1 aromatic rings. The second kappa shape index (κ2) is 7.90. The fourth-order valence-electron chi connectivity index (χ4n) is 1.57. The lowest BCUT2D eigenvalue weighted by Crippen LogP contribution is -2.24. The number of rotatable bonds is 6. The van der Waals surface area contributed by atoms with Crippen molar-refractivity contribution in [3.63, 3.8) is 0 Å². The molecular weight excluding hydrogens is 254 g/mol. The van der Waals surface area contributed by atoms with Gasteiger partial charge in [0.1, 0.15) is 0 Å². The van der Waals surface area contributed by atoms with Crippen molar-refractivity contribution in [1.29, 1.82) is 0 Å². The SMILES string of the molecule is CCCC(C)NCc1sc(N(C)C)nc1C.Cl. The second-order valence-corrected chi connectivity index (χ2v) is 5.53. The van der Waals surface area contributed by atoms with Gasteiger partial charge in [0.25, 0.3) is 0 Å². The van der Waals surface area contributed by atoms with E-state index in [9.17, 15) is 0 Å². The fourth-order valence-corrected chi connectivity index (χ4v) is 2.50. The van der Waals surface area contributed by atoms with Crippen LogP contribution in [0.2, 0.25) is 0 Å². The average molecular weight is 278 g/mol. The molecule has 0 amide bonds. The minimum absolute atomic E-state index is 0. The lowest BCUT2D eigenvalue weighted by Gasteiger charge is -2.11. The third kappa shape index (κ3) is 5.23. The van der Waals surface area contributed by atoms with E-state index in [1.165, 1.54) is 17.7 Å². The third-order valence-electron chi connectivity index (χ3n) is 2.60. The van der Waals surface area contributed by atoms with Crippen LogP contribution in [0, 0.1) is 6.92 Å². The molecule has 5 heteroatoms. The predicted molar refractivity (Wildman–Crippen MR) is 79.6 cm³/mol. The van der Waals surface area contributed by atoms with Crippen molar-refractivity contribution in [2.24, 2.45) is 0 Å². The molecule has 0 spiro atoms. The largest absolute Gasteiger partial charge is 0.354 e. The van der Waals surface area contributed by atoms with Crippen LogP contribution >= 0.6 is 23.7 Å². The first-order valence-electron chi connectivity index (χ1n) is 5.91. The average Bonchev–Trinajstić information content (AvgIpc) is 2.58. The van der Waals surface area contributed by atoms with Crippen molar-refractivity contribution in [2.45, 2.75) is 46.2 Å². The zero-order chi connectivity index (χ0) is 12.1. The van der Waals surface area contributed by atoms with Gasteiger partial charge in [-0.05, 0) is 20.3 Å². The Morgan fingerprint density at radius 2 is 2.06 bits per heavy atom. The van der Waals surface area contributed by atoms with E-state index in [0.29, 0.717) is 6.04 Å². The lowest BCUT2D eigenvalue weighted by atomic mass is 10.2. The Bertz CT molecular complexity index is 326. The Hall–Kier alpha value is -0.320. The van der Waals surface area contributed by atoms with Gasteiger partial charge >= 0.3 is 0 Å². The number of aryl methyl sites for hydroxylation is 1. The Labute approximate surface area is 115 Å². The predicted octanol–water partition coefficient (Wildman–Crippen LogP) is 3.22. The van der Waals surface area contributed by atoms with E-state index < -0.39 is 0 Å². The van der Waals surface area contributed by atoms with Crippen molar-refractivity contribution in [2.75, 3.05) is 19.0 Å². The maximum atomic E-state index is 4.54. The highest BCUT2D eigenvalue weighted by atomic mass is 35.5. The summed E-state index contributed by atoms with van der Waals surface area (Å²) >= 11 is 1.78. The summed E-state index contributed by atoms with van der Waals surface area (Å²) in [5, 5.41) is 4.64. The summed E-state index contributed by atoms with van der Waals surface area (Å²) < 4.78 is 0. The molecule has 1 N–H and O–H groups in total. The first-order chi connectivity index (χ1) is 7.54. The van der Waals surface area contributed by atoms with E-state index in [-0.39, 0.29) is 12.4 Å². The monoisotopic (exact) mass is 277 g/mol. The molecule has 0 bridgehead atoms. The van der Waals surface area contributed by atoms with E-state index in [1.54, 1.807) is 11.3 Å². The molecule has 1 aromatic heterocycles. The van der Waals surface area contributed by atoms with Gasteiger partial charge in [-0.3, -0.25) is 0 Å². The lowest BCUT2D eigenvalue weighted by molar-refractivity contribution is 0.510. The molecule has 0 aliphatic carbocycles. The second-order valence-electron chi connectivity index (χ2n) is 4.47. The molecule has 3 nitrogen and oxygen atoms in total. The molecule has 0 aromatic carbocycles. The topological polar surface area (TPSA) is 28.2 Å². The van der Waals surface area contributed by atoms with Gasteiger partial charge in [-0.25, -0.2) is 4.98 Å². The Balaban J connectivity index is 0.00000256. The first kappa shape index (κ1) is 16.7. The van der Waals surface area contributed by atoms with E-state index in [2.05, 4.69) is 36.0 Å². The van der Waals surface area contributed by atoms with Gasteiger partial charge < -0.3 is 10.2 Å². The standard InChI is InChI=1S/C12H23N3S.ClH/c1-6-7-9(2)13-8-11-10(3)14-12(16-11)15(4)5;/h9,13H,6-8H2,1-5H3;1H. The van der Waals surface area contributed by atoms with Crippen LogP contribution in [0.4, 0.5) is 5.13 Å². The fraction of sp³-hybridized carbons (Fsp3) is 0.750. The van der Waals surface area contributed by atoms with Crippen LogP contribution in [-0.2, 0) is 6.54 Å². The van der Waals surface area contributed by atoms with Crippen molar-refractivity contribution in [1.82, 2.24) is 10.3 Å². The number of nitrogens with zero attached hydrogens (tertiary/aromatic N) is 2. The summed E-state index contributed by atoms with van der Waals surface area (Å²) in [6, 6.07) is 0.592. The van der Waals surface area contributed by atoms with Crippen LogP contribution in [0.3, 0.4) is 0 Å². The van der Waals surface area contributed by atoms with Crippen molar-refractivity contribution >= 4 is 28.9 Å². The number of hydrogen-bond acceptors (Lipinski definition) is 4.